The Morgan fingerprint density at radius 3 is 1.97 bits per heavy atom. The molecule has 0 heterocycles. The summed E-state index contributed by atoms with van der Waals surface area (Å²) >= 11 is 0. The summed E-state index contributed by atoms with van der Waals surface area (Å²) in [7, 11) is 0. The van der Waals surface area contributed by atoms with E-state index in [4.69, 9.17) is 16.6 Å². The minimum atomic E-state index is -1.28. The van der Waals surface area contributed by atoms with Gasteiger partial charge in [-0.25, -0.2) is 0 Å². The summed E-state index contributed by atoms with van der Waals surface area (Å²) in [6.45, 7) is 3.08. The maximum atomic E-state index is 12.7. The summed E-state index contributed by atoms with van der Waals surface area (Å²) in [5.74, 6) is -2.52. The lowest BCUT2D eigenvalue weighted by molar-refractivity contribution is -0.134. The van der Waals surface area contributed by atoms with Crippen LogP contribution in [0.25, 0.3) is 0 Å². The molecule has 0 aromatic heterocycles. The average Bonchev–Trinajstić information content (AvgIpc) is 2.64. The Bertz CT molecular complexity index is 543. The third kappa shape index (κ3) is 11.4. The van der Waals surface area contributed by atoms with Crippen LogP contribution in [0.15, 0.2) is 0 Å². The average molecular weight is 418 g/mol. The maximum Gasteiger partial charge on any atom is 0.245 e. The molecular formula is C18H35N5O6. The highest BCUT2D eigenvalue weighted by atomic mass is 16.3. The van der Waals surface area contributed by atoms with E-state index in [2.05, 4.69) is 16.0 Å². The van der Waals surface area contributed by atoms with E-state index in [1.807, 2.05) is 13.8 Å². The second kappa shape index (κ2) is 14.7. The summed E-state index contributed by atoms with van der Waals surface area (Å²) < 4.78 is 0. The zero-order valence-electron chi connectivity index (χ0n) is 17.1. The molecule has 3 atom stereocenters. The smallest absolute Gasteiger partial charge is 0.245 e. The molecule has 0 aliphatic heterocycles. The van der Waals surface area contributed by atoms with Gasteiger partial charge < -0.3 is 37.6 Å². The zero-order valence-corrected chi connectivity index (χ0v) is 17.1. The van der Waals surface area contributed by atoms with Gasteiger partial charge in [0.25, 0.3) is 0 Å². The van der Waals surface area contributed by atoms with Crippen LogP contribution in [0.4, 0.5) is 0 Å². The van der Waals surface area contributed by atoms with E-state index in [9.17, 15) is 24.3 Å². The van der Waals surface area contributed by atoms with Crippen molar-refractivity contribution in [1.82, 2.24) is 16.0 Å². The fourth-order valence-electron chi connectivity index (χ4n) is 2.59. The number of nitrogens with two attached hydrogens (primary N) is 2. The molecule has 0 radical (unpaired) electrons. The molecule has 0 spiro atoms. The first kappa shape index (κ1) is 26.8. The van der Waals surface area contributed by atoms with E-state index in [-0.39, 0.29) is 18.8 Å². The van der Waals surface area contributed by atoms with Crippen LogP contribution in [0.5, 0.6) is 0 Å². The van der Waals surface area contributed by atoms with Gasteiger partial charge >= 0.3 is 0 Å². The summed E-state index contributed by atoms with van der Waals surface area (Å²) in [6, 6.07) is -3.15. The van der Waals surface area contributed by atoms with Gasteiger partial charge in [-0.3, -0.25) is 19.2 Å². The number of aliphatic hydroxyl groups excluding tert-OH is 2. The molecule has 0 aliphatic carbocycles. The van der Waals surface area contributed by atoms with Crippen LogP contribution >= 0.6 is 0 Å². The molecule has 11 nitrogen and oxygen atoms in total. The molecular weight excluding hydrogens is 382 g/mol. The maximum absolute atomic E-state index is 12.7. The predicted molar refractivity (Wildman–Crippen MR) is 106 cm³/mol. The molecule has 9 N–H and O–H groups in total. The minimum absolute atomic E-state index is 0.110. The van der Waals surface area contributed by atoms with E-state index < -0.39 is 55.0 Å². The van der Waals surface area contributed by atoms with Crippen molar-refractivity contribution in [2.75, 3.05) is 19.8 Å². The Labute approximate surface area is 171 Å². The molecule has 0 bridgehead atoms. The van der Waals surface area contributed by atoms with Gasteiger partial charge in [0.05, 0.1) is 13.2 Å². The monoisotopic (exact) mass is 417 g/mol. The standard InChI is InChI=1S/C18H35N5O6/c1-11(2)9-13(16(20)27)23-17(28)12(5-3-4-7-19)22-18(29)14(10-25)21-15(26)6-8-24/h11-14,24-25H,3-10,19H2,1-2H3,(H2,20,27)(H,21,26)(H,22,29)(H,23,28)/t12-,13?,14?/m1/s1. The molecule has 0 aromatic rings. The summed E-state index contributed by atoms with van der Waals surface area (Å²) in [5, 5.41) is 25.5. The summed E-state index contributed by atoms with van der Waals surface area (Å²) in [4.78, 5) is 48.3. The topological polar surface area (TPSA) is 197 Å². The third-order valence-corrected chi connectivity index (χ3v) is 4.12. The number of unbranched alkanes of at least 4 members (excludes halogenated alkanes) is 1. The molecule has 11 heteroatoms. The van der Waals surface area contributed by atoms with E-state index in [1.54, 1.807) is 0 Å². The molecule has 0 aliphatic rings. The van der Waals surface area contributed by atoms with E-state index in [0.29, 0.717) is 25.8 Å². The molecule has 0 saturated carbocycles. The van der Waals surface area contributed by atoms with Crippen molar-refractivity contribution in [3.63, 3.8) is 0 Å². The lowest BCUT2D eigenvalue weighted by Gasteiger charge is -2.24. The molecule has 0 fully saturated rings. The molecule has 0 saturated heterocycles. The predicted octanol–water partition coefficient (Wildman–Crippen LogP) is -2.52. The fourth-order valence-corrected chi connectivity index (χ4v) is 2.59. The number of aliphatic hydroxyl groups is 2. The van der Waals surface area contributed by atoms with Gasteiger partial charge in [0.2, 0.25) is 23.6 Å². The zero-order chi connectivity index (χ0) is 22.4. The minimum Gasteiger partial charge on any atom is -0.396 e. The Balaban J connectivity index is 5.17. The van der Waals surface area contributed by atoms with Gasteiger partial charge in [-0.2, -0.15) is 0 Å². The number of hydrogen-bond acceptors (Lipinski definition) is 7. The van der Waals surface area contributed by atoms with E-state index >= 15 is 0 Å². The van der Waals surface area contributed by atoms with Crippen molar-refractivity contribution in [3.05, 3.63) is 0 Å². The van der Waals surface area contributed by atoms with E-state index in [1.165, 1.54) is 0 Å². The number of primary amides is 1. The number of nitrogens with one attached hydrogen (secondary N) is 3. The fraction of sp³-hybridized carbons (Fsp3) is 0.778. The first-order valence-electron chi connectivity index (χ1n) is 9.77. The highest BCUT2D eigenvalue weighted by molar-refractivity contribution is 5.94. The van der Waals surface area contributed by atoms with E-state index in [0.717, 1.165) is 0 Å². The Morgan fingerprint density at radius 2 is 1.48 bits per heavy atom. The van der Waals surface area contributed by atoms with Crippen LogP contribution in [0, 0.1) is 5.92 Å². The van der Waals surface area contributed by atoms with Crippen LogP contribution in [-0.2, 0) is 19.2 Å². The highest BCUT2D eigenvalue weighted by Crippen LogP contribution is 2.07. The largest absolute Gasteiger partial charge is 0.396 e. The normalized spacial score (nSPS) is 14.0. The SMILES string of the molecule is CC(C)CC(NC(=O)[C@@H](CCCCN)NC(=O)C(CO)NC(=O)CCO)C(N)=O. The molecule has 168 valence electrons. The van der Waals surface area contributed by atoms with Crippen molar-refractivity contribution in [3.8, 4) is 0 Å². The Hall–Kier alpha value is -2.24. The van der Waals surface area contributed by atoms with Crippen molar-refractivity contribution in [2.45, 2.75) is 64.1 Å². The van der Waals surface area contributed by atoms with Crippen LogP contribution < -0.4 is 27.4 Å². The van der Waals surface area contributed by atoms with Crippen molar-refractivity contribution in [2.24, 2.45) is 17.4 Å². The van der Waals surface area contributed by atoms with Crippen LogP contribution in [-0.4, -0.2) is 71.7 Å². The second-order valence-corrected chi connectivity index (χ2v) is 7.22. The first-order chi connectivity index (χ1) is 13.7. The Kier molecular flexibility index (Phi) is 13.6. The highest BCUT2D eigenvalue weighted by Gasteiger charge is 2.28. The van der Waals surface area contributed by atoms with Crippen molar-refractivity contribution >= 4 is 23.6 Å². The van der Waals surface area contributed by atoms with Gasteiger partial charge in [0.1, 0.15) is 18.1 Å². The van der Waals surface area contributed by atoms with Crippen molar-refractivity contribution < 1.29 is 29.4 Å². The lowest BCUT2D eigenvalue weighted by Crippen LogP contribution is -2.57. The van der Waals surface area contributed by atoms with Gasteiger partial charge in [-0.05, 0) is 38.1 Å². The molecule has 29 heavy (non-hydrogen) atoms. The number of rotatable bonds is 15. The number of carbonyl (C=O) groups is 4. The van der Waals surface area contributed by atoms with Crippen molar-refractivity contribution in [1.29, 1.82) is 0 Å². The quantitative estimate of drug-likeness (QED) is 0.143. The van der Waals surface area contributed by atoms with Crippen LogP contribution in [0.3, 0.4) is 0 Å². The number of amides is 4. The first-order valence-corrected chi connectivity index (χ1v) is 9.77. The summed E-state index contributed by atoms with van der Waals surface area (Å²) in [5.41, 5.74) is 10.8. The molecule has 2 unspecified atom stereocenters. The second-order valence-electron chi connectivity index (χ2n) is 7.22. The van der Waals surface area contributed by atoms with Gasteiger partial charge in [-0.1, -0.05) is 13.8 Å². The number of hydrogen-bond donors (Lipinski definition) is 7. The van der Waals surface area contributed by atoms with Gasteiger partial charge in [-0.15, -0.1) is 0 Å². The lowest BCUT2D eigenvalue weighted by atomic mass is 10.0. The van der Waals surface area contributed by atoms with Crippen LogP contribution in [0.1, 0.15) is 46.0 Å². The summed E-state index contributed by atoms with van der Waals surface area (Å²) in [6.07, 6.45) is 1.55. The molecule has 0 aromatic carbocycles. The molecule has 4 amide bonds. The molecule has 0 rings (SSSR count). The van der Waals surface area contributed by atoms with Gasteiger partial charge in [0, 0.05) is 6.42 Å². The third-order valence-electron chi connectivity index (χ3n) is 4.12. The number of carbonyl (C=O) groups excluding carboxylic acids is 4. The van der Waals surface area contributed by atoms with Gasteiger partial charge in [0.15, 0.2) is 0 Å². The Morgan fingerprint density at radius 1 is 0.897 bits per heavy atom. The van der Waals surface area contributed by atoms with Crippen LogP contribution in [0.2, 0.25) is 0 Å².